The van der Waals surface area contributed by atoms with E-state index in [4.69, 9.17) is 34.2 Å². The number of carbonyl (C=O) groups excluding carboxylic acids is 3. The normalized spacial score (nSPS) is 14.7. The van der Waals surface area contributed by atoms with E-state index < -0.39 is 42.5 Å². The minimum atomic E-state index is -1.43. The van der Waals surface area contributed by atoms with Crippen molar-refractivity contribution >= 4 is 24.4 Å². The van der Waals surface area contributed by atoms with Gasteiger partial charge >= 0.3 is 24.4 Å². The van der Waals surface area contributed by atoms with E-state index in [2.05, 4.69) is 0 Å². The maximum absolute atomic E-state index is 12.5. The molecule has 0 amide bonds. The van der Waals surface area contributed by atoms with Crippen molar-refractivity contribution < 1.29 is 52.7 Å². The Morgan fingerprint density at radius 3 is 1.74 bits per heavy atom. The number of carboxylic acids is 1. The predicted octanol–water partition coefficient (Wildman–Crippen LogP) is 6.28. The van der Waals surface area contributed by atoms with Crippen molar-refractivity contribution in [3.8, 4) is 11.5 Å². The monoisotopic (exact) mass is 597 g/mol. The van der Waals surface area contributed by atoms with Gasteiger partial charge in [-0.3, -0.25) is 4.79 Å². The van der Waals surface area contributed by atoms with Gasteiger partial charge in [0.1, 0.15) is 18.2 Å². The fourth-order valence-electron chi connectivity index (χ4n) is 3.26. The third-order valence-electron chi connectivity index (χ3n) is 5.85. The van der Waals surface area contributed by atoms with Crippen LogP contribution in [-0.4, -0.2) is 61.0 Å². The molecule has 1 aromatic rings. The van der Waals surface area contributed by atoms with Crippen LogP contribution >= 0.6 is 0 Å². The molecule has 238 valence electrons. The molecule has 0 aromatic heterocycles. The van der Waals surface area contributed by atoms with Crippen LogP contribution in [0.15, 0.2) is 18.2 Å². The van der Waals surface area contributed by atoms with E-state index in [1.807, 2.05) is 55.4 Å². The standard InChI is InChI=1S/C30H47NO11/c1-17(2)19(4)40-28(36)39-18(3)13-21(24(31)25(32)33)20-11-12-22(41-26(34)37-15-29(5,6)7)23(14-20)42-27(35)38-16-30(8,9)10/h11-12,14,17-19,21,24H,13,15-16,31H2,1-10H3,(H,32,33)/t18?,19?,21?,24-/m0/s1. The first-order valence-corrected chi connectivity index (χ1v) is 13.9. The summed E-state index contributed by atoms with van der Waals surface area (Å²) in [5.74, 6) is -2.53. The van der Waals surface area contributed by atoms with Crippen molar-refractivity contribution in [1.82, 2.24) is 0 Å². The zero-order valence-electron chi connectivity index (χ0n) is 26.3. The average molecular weight is 598 g/mol. The summed E-state index contributed by atoms with van der Waals surface area (Å²) in [7, 11) is 0. The van der Waals surface area contributed by atoms with Gasteiger partial charge in [-0.05, 0) is 54.7 Å². The molecule has 0 heterocycles. The molecule has 0 fully saturated rings. The van der Waals surface area contributed by atoms with E-state index in [1.54, 1.807) is 13.8 Å². The second-order valence-electron chi connectivity index (χ2n) is 13.1. The number of benzene rings is 1. The summed E-state index contributed by atoms with van der Waals surface area (Å²) in [6, 6.07) is 2.69. The molecule has 3 unspecified atom stereocenters. The first-order valence-electron chi connectivity index (χ1n) is 13.9. The molecule has 0 saturated carbocycles. The van der Waals surface area contributed by atoms with Crippen LogP contribution in [0.3, 0.4) is 0 Å². The summed E-state index contributed by atoms with van der Waals surface area (Å²) in [6.45, 7) is 18.4. The van der Waals surface area contributed by atoms with Gasteiger partial charge in [-0.1, -0.05) is 61.5 Å². The summed E-state index contributed by atoms with van der Waals surface area (Å²) in [5.41, 5.74) is 5.68. The van der Waals surface area contributed by atoms with Gasteiger partial charge in [-0.15, -0.1) is 0 Å². The van der Waals surface area contributed by atoms with Crippen LogP contribution in [0.5, 0.6) is 11.5 Å². The van der Waals surface area contributed by atoms with Gasteiger partial charge in [0.2, 0.25) is 0 Å². The molecule has 0 radical (unpaired) electrons. The molecule has 1 rings (SSSR count). The molecule has 12 heteroatoms. The van der Waals surface area contributed by atoms with E-state index in [9.17, 15) is 24.3 Å². The Kier molecular flexibility index (Phi) is 13.6. The lowest BCUT2D eigenvalue weighted by molar-refractivity contribution is -0.139. The summed E-state index contributed by atoms with van der Waals surface area (Å²) in [6.07, 6.45) is -4.18. The number of rotatable bonds is 12. The highest BCUT2D eigenvalue weighted by atomic mass is 16.7. The zero-order chi connectivity index (χ0) is 32.4. The van der Waals surface area contributed by atoms with Crippen LogP contribution in [0.25, 0.3) is 0 Å². The average Bonchev–Trinajstić information content (AvgIpc) is 2.84. The van der Waals surface area contributed by atoms with Crippen molar-refractivity contribution in [1.29, 1.82) is 0 Å². The van der Waals surface area contributed by atoms with Crippen LogP contribution in [0.2, 0.25) is 0 Å². The Labute approximate surface area is 248 Å². The molecular formula is C30H47NO11. The molecule has 0 aliphatic carbocycles. The number of carboxylic acid groups (broad SMARTS) is 1. The van der Waals surface area contributed by atoms with E-state index in [-0.39, 0.29) is 54.0 Å². The SMILES string of the molecule is CC(CC(c1ccc(OC(=O)OCC(C)(C)C)c(OC(=O)OCC(C)(C)C)c1)[C@H](N)C(=O)O)OC(=O)OC(C)C(C)C. The van der Waals surface area contributed by atoms with Crippen LogP contribution in [0.1, 0.15) is 87.1 Å². The number of ether oxygens (including phenoxy) is 6. The van der Waals surface area contributed by atoms with Crippen molar-refractivity contribution in [2.24, 2.45) is 22.5 Å². The van der Waals surface area contributed by atoms with Crippen LogP contribution < -0.4 is 15.2 Å². The molecule has 0 aliphatic rings. The maximum Gasteiger partial charge on any atom is 0.513 e. The van der Waals surface area contributed by atoms with Crippen LogP contribution in [-0.2, 0) is 23.7 Å². The Morgan fingerprint density at radius 1 is 0.786 bits per heavy atom. The molecule has 12 nitrogen and oxygen atoms in total. The fraction of sp³-hybridized carbons (Fsp3) is 0.667. The molecule has 0 bridgehead atoms. The molecule has 0 saturated heterocycles. The largest absolute Gasteiger partial charge is 0.513 e. The summed E-state index contributed by atoms with van der Waals surface area (Å²) in [4.78, 5) is 49.0. The Morgan fingerprint density at radius 2 is 1.29 bits per heavy atom. The van der Waals surface area contributed by atoms with Gasteiger partial charge < -0.3 is 39.3 Å². The van der Waals surface area contributed by atoms with Crippen molar-refractivity contribution in [3.05, 3.63) is 23.8 Å². The van der Waals surface area contributed by atoms with Crippen molar-refractivity contribution in [2.75, 3.05) is 13.2 Å². The first-order chi connectivity index (χ1) is 19.2. The maximum atomic E-state index is 12.5. The molecule has 0 spiro atoms. The number of hydrogen-bond donors (Lipinski definition) is 2. The van der Waals surface area contributed by atoms with Crippen molar-refractivity contribution in [3.63, 3.8) is 0 Å². The van der Waals surface area contributed by atoms with Gasteiger partial charge in [0.25, 0.3) is 0 Å². The Bertz CT molecular complexity index is 1070. The quantitative estimate of drug-likeness (QED) is 0.157. The van der Waals surface area contributed by atoms with Gasteiger partial charge in [0.05, 0.1) is 13.2 Å². The zero-order valence-corrected chi connectivity index (χ0v) is 26.3. The topological polar surface area (TPSA) is 170 Å². The second kappa shape index (κ2) is 15.6. The number of nitrogens with two attached hydrogens (primary N) is 1. The summed E-state index contributed by atoms with van der Waals surface area (Å²) in [5, 5.41) is 9.70. The summed E-state index contributed by atoms with van der Waals surface area (Å²) < 4.78 is 31.6. The van der Waals surface area contributed by atoms with Crippen LogP contribution in [0, 0.1) is 16.7 Å². The molecule has 42 heavy (non-hydrogen) atoms. The minimum absolute atomic E-state index is 0.0135. The third-order valence-corrected chi connectivity index (χ3v) is 5.85. The predicted molar refractivity (Wildman–Crippen MR) is 154 cm³/mol. The first kappa shape index (κ1) is 36.5. The van der Waals surface area contributed by atoms with E-state index in [1.165, 1.54) is 18.2 Å². The molecule has 3 N–H and O–H groups in total. The number of aliphatic carboxylic acids is 1. The van der Waals surface area contributed by atoms with Gasteiger partial charge in [0.15, 0.2) is 11.5 Å². The van der Waals surface area contributed by atoms with Gasteiger partial charge in [-0.2, -0.15) is 0 Å². The van der Waals surface area contributed by atoms with E-state index >= 15 is 0 Å². The van der Waals surface area contributed by atoms with Crippen LogP contribution in [0.4, 0.5) is 14.4 Å². The Balaban J connectivity index is 3.32. The van der Waals surface area contributed by atoms with Gasteiger partial charge in [-0.25, -0.2) is 14.4 Å². The second-order valence-corrected chi connectivity index (χ2v) is 13.1. The number of carbonyl (C=O) groups is 4. The van der Waals surface area contributed by atoms with E-state index in [0.717, 1.165) is 0 Å². The lowest BCUT2D eigenvalue weighted by Crippen LogP contribution is -2.38. The highest BCUT2D eigenvalue weighted by Gasteiger charge is 2.31. The number of hydrogen-bond acceptors (Lipinski definition) is 11. The minimum Gasteiger partial charge on any atom is -0.480 e. The van der Waals surface area contributed by atoms with Gasteiger partial charge in [0, 0.05) is 5.92 Å². The molecular weight excluding hydrogens is 550 g/mol. The molecule has 1 aromatic carbocycles. The smallest absolute Gasteiger partial charge is 0.480 e. The van der Waals surface area contributed by atoms with E-state index in [0.29, 0.717) is 5.56 Å². The lowest BCUT2D eigenvalue weighted by Gasteiger charge is -2.26. The molecule has 4 atom stereocenters. The fourth-order valence-corrected chi connectivity index (χ4v) is 3.26. The highest BCUT2D eigenvalue weighted by molar-refractivity contribution is 5.75. The summed E-state index contributed by atoms with van der Waals surface area (Å²) >= 11 is 0. The van der Waals surface area contributed by atoms with Crippen molar-refractivity contribution in [2.45, 2.75) is 99.8 Å². The Hall–Kier alpha value is -3.54. The highest BCUT2D eigenvalue weighted by Crippen LogP contribution is 2.35. The third kappa shape index (κ3) is 13.9. The molecule has 0 aliphatic heterocycles. The lowest BCUT2D eigenvalue weighted by atomic mass is 9.87.